The molecule has 4 aromatic rings. The van der Waals surface area contributed by atoms with Gasteiger partial charge in [-0.3, -0.25) is 0 Å². The second kappa shape index (κ2) is 10.5. The van der Waals surface area contributed by atoms with Crippen LogP contribution in [0.1, 0.15) is 58.4 Å². The van der Waals surface area contributed by atoms with Gasteiger partial charge in [-0.05, 0) is 43.7 Å². The second-order valence-corrected chi connectivity index (χ2v) is 10.7. The Morgan fingerprint density at radius 1 is 1.24 bits per heavy atom. The van der Waals surface area contributed by atoms with Gasteiger partial charge < -0.3 is 24.7 Å². The Bertz CT molecular complexity index is 1420. The number of H-pyrrole nitrogens is 1. The Morgan fingerprint density at radius 2 is 2.00 bits per heavy atom. The van der Waals surface area contributed by atoms with Gasteiger partial charge in [-0.25, -0.2) is 18.9 Å². The molecule has 4 aromatic heterocycles. The number of nitrogens with zero attached hydrogens (tertiary/aromatic N) is 5. The number of piperidine rings is 1. The van der Waals surface area contributed by atoms with Crippen LogP contribution in [-0.4, -0.2) is 70.1 Å². The number of fused-ring (bicyclic) bond motifs is 2. The predicted molar refractivity (Wildman–Crippen MR) is 148 cm³/mol. The van der Waals surface area contributed by atoms with Crippen molar-refractivity contribution in [1.29, 1.82) is 0 Å². The van der Waals surface area contributed by atoms with E-state index in [9.17, 15) is 0 Å². The molecule has 1 unspecified atom stereocenters. The predicted octanol–water partition coefficient (Wildman–Crippen LogP) is 4.92. The number of anilines is 1. The van der Waals surface area contributed by atoms with Crippen LogP contribution < -0.4 is 15.0 Å². The highest BCUT2D eigenvalue weighted by molar-refractivity contribution is 5.93. The minimum Gasteiger partial charge on any atom is -0.493 e. The summed E-state index contributed by atoms with van der Waals surface area (Å²) in [4.78, 5) is 14.3. The van der Waals surface area contributed by atoms with Crippen LogP contribution in [0.25, 0.3) is 27.8 Å². The van der Waals surface area contributed by atoms with E-state index in [1.807, 2.05) is 12.3 Å². The molecular formula is C28H38FN7O2. The van der Waals surface area contributed by atoms with Crippen LogP contribution in [0.5, 0.6) is 5.75 Å². The number of methoxy groups -OCH3 is 2. The summed E-state index contributed by atoms with van der Waals surface area (Å²) in [6.45, 7) is 10.7. The van der Waals surface area contributed by atoms with Gasteiger partial charge in [0.1, 0.15) is 6.33 Å². The molecule has 5 heterocycles. The number of aromatic amines is 1. The highest BCUT2D eigenvalue weighted by Crippen LogP contribution is 2.40. The largest absolute Gasteiger partial charge is 0.493 e. The van der Waals surface area contributed by atoms with Crippen molar-refractivity contribution in [1.82, 2.24) is 29.9 Å². The highest BCUT2D eigenvalue weighted by Gasteiger charge is 2.28. The molecule has 0 spiro atoms. The van der Waals surface area contributed by atoms with E-state index in [0.29, 0.717) is 34.2 Å². The Hall–Kier alpha value is -3.24. The Labute approximate surface area is 222 Å². The maximum atomic E-state index is 16.2. The van der Waals surface area contributed by atoms with Gasteiger partial charge in [0.15, 0.2) is 23.0 Å². The Morgan fingerprint density at radius 3 is 2.66 bits per heavy atom. The number of hydrogen-bond donors (Lipinski definition) is 2. The zero-order valence-electron chi connectivity index (χ0n) is 23.1. The molecule has 9 nitrogen and oxygen atoms in total. The quantitative estimate of drug-likeness (QED) is 0.322. The number of hydrogen-bond acceptors (Lipinski definition) is 7. The minimum absolute atomic E-state index is 0.0736. The van der Waals surface area contributed by atoms with Crippen LogP contribution in [0.4, 0.5) is 10.2 Å². The molecule has 5 rings (SSSR count). The fourth-order valence-electron chi connectivity index (χ4n) is 5.37. The SMILES string of the molecule is CCC(C)(CNC1CCN(c2ncc3[nH]c(-c4cc(OC)c5ncnn5c4)c(C(C)C)c3c2F)CC1)OC. The summed E-state index contributed by atoms with van der Waals surface area (Å²) in [6.07, 6.45) is 7.93. The van der Waals surface area contributed by atoms with E-state index in [4.69, 9.17) is 9.47 Å². The molecule has 1 atom stereocenters. The third-order valence-electron chi connectivity index (χ3n) is 8.03. The molecule has 0 saturated carbocycles. The zero-order valence-corrected chi connectivity index (χ0v) is 23.1. The third-order valence-corrected chi connectivity index (χ3v) is 8.03. The van der Waals surface area contributed by atoms with Crippen molar-refractivity contribution in [2.24, 2.45) is 0 Å². The molecule has 0 radical (unpaired) electrons. The van der Waals surface area contributed by atoms with E-state index in [2.05, 4.69) is 58.0 Å². The van der Waals surface area contributed by atoms with Gasteiger partial charge in [-0.1, -0.05) is 20.8 Å². The normalized spacial score (nSPS) is 16.6. The molecular weight excluding hydrogens is 485 g/mol. The first-order valence-corrected chi connectivity index (χ1v) is 13.4. The molecule has 1 fully saturated rings. The lowest BCUT2D eigenvalue weighted by atomic mass is 9.96. The molecule has 1 saturated heterocycles. The van der Waals surface area contributed by atoms with Gasteiger partial charge in [0.2, 0.25) is 0 Å². The van der Waals surface area contributed by atoms with Crippen molar-refractivity contribution in [3.8, 4) is 17.0 Å². The van der Waals surface area contributed by atoms with Gasteiger partial charge >= 0.3 is 0 Å². The maximum Gasteiger partial charge on any atom is 0.197 e. The molecule has 204 valence electrons. The standard InChI is InChI=1S/C28H38FN7O2/c1-7-28(4,38-6)15-31-19-8-10-35(11-9-19)27-24(29)23-20(13-30-27)34-25(22(23)17(2)3)18-12-21(37-5)26-32-16-33-36(26)14-18/h12-14,16-17,19,31,34H,7-11,15H2,1-6H3. The van der Waals surface area contributed by atoms with Crippen LogP contribution in [0, 0.1) is 5.82 Å². The van der Waals surface area contributed by atoms with Crippen LogP contribution in [0.3, 0.4) is 0 Å². The number of aromatic nitrogens is 5. The van der Waals surface area contributed by atoms with Crippen LogP contribution in [0.15, 0.2) is 24.8 Å². The smallest absolute Gasteiger partial charge is 0.197 e. The van der Waals surface area contributed by atoms with Crippen molar-refractivity contribution in [2.75, 3.05) is 38.8 Å². The number of pyridine rings is 2. The molecule has 1 aliphatic rings. The summed E-state index contributed by atoms with van der Waals surface area (Å²) in [5, 5.41) is 8.53. The van der Waals surface area contributed by atoms with E-state index in [-0.39, 0.29) is 17.3 Å². The monoisotopic (exact) mass is 523 g/mol. The first kappa shape index (κ1) is 26.4. The Kier molecular flexibility index (Phi) is 7.28. The molecule has 0 amide bonds. The van der Waals surface area contributed by atoms with Crippen LogP contribution in [0.2, 0.25) is 0 Å². The van der Waals surface area contributed by atoms with Crippen molar-refractivity contribution in [3.05, 3.63) is 36.2 Å². The fourth-order valence-corrected chi connectivity index (χ4v) is 5.37. The first-order valence-electron chi connectivity index (χ1n) is 13.4. The molecule has 38 heavy (non-hydrogen) atoms. The lowest BCUT2D eigenvalue weighted by Gasteiger charge is -2.36. The summed E-state index contributed by atoms with van der Waals surface area (Å²) in [6, 6.07) is 2.29. The fraction of sp³-hybridized carbons (Fsp3) is 0.536. The van der Waals surface area contributed by atoms with Crippen molar-refractivity contribution < 1.29 is 13.9 Å². The van der Waals surface area contributed by atoms with Gasteiger partial charge in [-0.2, -0.15) is 5.10 Å². The molecule has 2 N–H and O–H groups in total. The van der Waals surface area contributed by atoms with Crippen molar-refractivity contribution in [2.45, 2.75) is 64.5 Å². The lowest BCUT2D eigenvalue weighted by molar-refractivity contribution is 0.00109. The highest BCUT2D eigenvalue weighted by atomic mass is 19.1. The summed E-state index contributed by atoms with van der Waals surface area (Å²) >= 11 is 0. The summed E-state index contributed by atoms with van der Waals surface area (Å²) in [5.74, 6) is 0.827. The molecule has 10 heteroatoms. The lowest BCUT2D eigenvalue weighted by Crippen LogP contribution is -2.48. The first-order chi connectivity index (χ1) is 18.3. The molecule has 0 aromatic carbocycles. The summed E-state index contributed by atoms with van der Waals surface area (Å²) in [5.41, 5.74) is 3.74. The van der Waals surface area contributed by atoms with E-state index in [1.165, 1.54) is 6.33 Å². The van der Waals surface area contributed by atoms with Crippen molar-refractivity contribution in [3.63, 3.8) is 0 Å². The van der Waals surface area contributed by atoms with E-state index in [0.717, 1.165) is 55.7 Å². The van der Waals surface area contributed by atoms with Gasteiger partial charge in [0.25, 0.3) is 0 Å². The van der Waals surface area contributed by atoms with Gasteiger partial charge in [-0.15, -0.1) is 0 Å². The molecule has 0 aliphatic carbocycles. The molecule has 1 aliphatic heterocycles. The third kappa shape index (κ3) is 4.71. The van der Waals surface area contributed by atoms with Crippen molar-refractivity contribution >= 4 is 22.4 Å². The molecule has 0 bridgehead atoms. The number of nitrogens with one attached hydrogen (secondary N) is 2. The van der Waals surface area contributed by atoms with Gasteiger partial charge in [0.05, 0.1) is 30.1 Å². The van der Waals surface area contributed by atoms with E-state index >= 15 is 4.39 Å². The number of ether oxygens (including phenoxy) is 2. The average molecular weight is 524 g/mol. The topological polar surface area (TPSA) is 92.6 Å². The van der Waals surface area contributed by atoms with Gasteiger partial charge in [0, 0.05) is 49.9 Å². The zero-order chi connectivity index (χ0) is 27.0. The van der Waals surface area contributed by atoms with Crippen LogP contribution in [-0.2, 0) is 4.74 Å². The number of rotatable bonds is 9. The second-order valence-electron chi connectivity index (χ2n) is 10.7. The van der Waals surface area contributed by atoms with E-state index in [1.54, 1.807) is 24.9 Å². The minimum atomic E-state index is -0.271. The summed E-state index contributed by atoms with van der Waals surface area (Å²) in [7, 11) is 3.37. The Balaban J connectivity index is 1.44. The van der Waals surface area contributed by atoms with Crippen LogP contribution >= 0.6 is 0 Å². The number of halogens is 1. The maximum absolute atomic E-state index is 16.2. The average Bonchev–Trinajstić information content (AvgIpc) is 3.57. The summed E-state index contributed by atoms with van der Waals surface area (Å²) < 4.78 is 29.1. The van der Waals surface area contributed by atoms with E-state index < -0.39 is 0 Å².